The highest BCUT2D eigenvalue weighted by Gasteiger charge is 2.24. The van der Waals surface area contributed by atoms with Gasteiger partial charge < -0.3 is 5.32 Å². The summed E-state index contributed by atoms with van der Waals surface area (Å²) in [4.78, 5) is 0. The Balaban J connectivity index is 2.29. The van der Waals surface area contributed by atoms with Crippen molar-refractivity contribution in [3.8, 4) is 0 Å². The lowest BCUT2D eigenvalue weighted by molar-refractivity contribution is 0.370. The lowest BCUT2D eigenvalue weighted by atomic mass is 10.0. The third-order valence-electron chi connectivity index (χ3n) is 2.90. The van der Waals surface area contributed by atoms with Crippen molar-refractivity contribution >= 4 is 9.84 Å². The first-order valence-electron chi connectivity index (χ1n) is 5.85. The first-order chi connectivity index (χ1) is 6.89. The van der Waals surface area contributed by atoms with Crippen LogP contribution in [0.4, 0.5) is 0 Å². The Morgan fingerprint density at radius 2 is 1.73 bits per heavy atom. The topological polar surface area (TPSA) is 46.2 Å². The second kappa shape index (κ2) is 5.30. The largest absolute Gasteiger partial charge is 0.311 e. The van der Waals surface area contributed by atoms with Crippen LogP contribution in [0.25, 0.3) is 0 Å². The van der Waals surface area contributed by atoms with E-state index in [1.165, 1.54) is 0 Å². The fraction of sp³-hybridized carbons (Fsp3) is 1.00. The van der Waals surface area contributed by atoms with Crippen molar-refractivity contribution in [1.82, 2.24) is 5.32 Å². The molecule has 1 rings (SSSR count). The molecule has 0 bridgehead atoms. The predicted octanol–water partition coefficient (Wildman–Crippen LogP) is 1.59. The first kappa shape index (κ1) is 13.0. The zero-order chi connectivity index (χ0) is 11.5. The molecule has 1 fully saturated rings. The molecule has 90 valence electrons. The zero-order valence-corrected chi connectivity index (χ0v) is 10.8. The van der Waals surface area contributed by atoms with E-state index in [2.05, 4.69) is 26.1 Å². The first-order valence-corrected chi connectivity index (χ1v) is 7.67. The Kier molecular flexibility index (Phi) is 4.59. The van der Waals surface area contributed by atoms with Crippen molar-refractivity contribution in [1.29, 1.82) is 0 Å². The van der Waals surface area contributed by atoms with Crippen molar-refractivity contribution in [2.45, 2.75) is 52.1 Å². The molecular formula is C11H23NO2S. The lowest BCUT2D eigenvalue weighted by Crippen LogP contribution is -2.42. The summed E-state index contributed by atoms with van der Waals surface area (Å²) in [7, 11) is -2.71. The number of rotatable bonds is 4. The summed E-state index contributed by atoms with van der Waals surface area (Å²) in [5.41, 5.74) is 0. The van der Waals surface area contributed by atoms with Crippen molar-refractivity contribution < 1.29 is 8.42 Å². The molecule has 1 saturated heterocycles. The van der Waals surface area contributed by atoms with E-state index in [4.69, 9.17) is 0 Å². The highest BCUT2D eigenvalue weighted by atomic mass is 32.2. The number of hydrogen-bond donors (Lipinski definition) is 1. The van der Waals surface area contributed by atoms with E-state index in [-0.39, 0.29) is 0 Å². The zero-order valence-electron chi connectivity index (χ0n) is 9.99. The Hall–Kier alpha value is -0.0900. The van der Waals surface area contributed by atoms with Crippen LogP contribution in [0, 0.1) is 5.92 Å². The maximum absolute atomic E-state index is 11.2. The van der Waals surface area contributed by atoms with Crippen LogP contribution >= 0.6 is 0 Å². The van der Waals surface area contributed by atoms with E-state index in [0.29, 0.717) is 29.5 Å². The highest BCUT2D eigenvalue weighted by Crippen LogP contribution is 2.14. The van der Waals surface area contributed by atoms with Gasteiger partial charge in [-0.25, -0.2) is 8.42 Å². The molecule has 0 aromatic carbocycles. The van der Waals surface area contributed by atoms with E-state index < -0.39 is 9.84 Å². The molecule has 4 heteroatoms. The molecule has 1 heterocycles. The summed E-state index contributed by atoms with van der Waals surface area (Å²) < 4.78 is 22.5. The van der Waals surface area contributed by atoms with Gasteiger partial charge in [0.05, 0.1) is 11.5 Å². The summed E-state index contributed by atoms with van der Waals surface area (Å²) in [6, 6.07) is 0.901. The quantitative estimate of drug-likeness (QED) is 0.802. The lowest BCUT2D eigenvalue weighted by Gasteiger charge is -2.27. The van der Waals surface area contributed by atoms with Gasteiger partial charge in [0.15, 0.2) is 0 Å². The van der Waals surface area contributed by atoms with Crippen LogP contribution in [-0.4, -0.2) is 32.0 Å². The molecule has 1 N–H and O–H groups in total. The van der Waals surface area contributed by atoms with E-state index in [0.717, 1.165) is 19.3 Å². The minimum atomic E-state index is -2.71. The van der Waals surface area contributed by atoms with E-state index in [1.807, 2.05) is 0 Å². The van der Waals surface area contributed by atoms with Gasteiger partial charge in [0.1, 0.15) is 9.84 Å². The Morgan fingerprint density at radius 3 is 2.20 bits per heavy atom. The van der Waals surface area contributed by atoms with Crippen LogP contribution in [0.1, 0.15) is 40.0 Å². The van der Waals surface area contributed by atoms with E-state index in [1.54, 1.807) is 0 Å². The second-order valence-electron chi connectivity index (χ2n) is 5.12. The summed E-state index contributed by atoms with van der Waals surface area (Å²) in [5.74, 6) is 1.41. The van der Waals surface area contributed by atoms with Crippen LogP contribution in [0.3, 0.4) is 0 Å². The Labute approximate surface area is 93.6 Å². The van der Waals surface area contributed by atoms with Crippen molar-refractivity contribution in [3.05, 3.63) is 0 Å². The van der Waals surface area contributed by atoms with Gasteiger partial charge in [0.2, 0.25) is 0 Å². The summed E-state index contributed by atoms with van der Waals surface area (Å²) >= 11 is 0. The van der Waals surface area contributed by atoms with Gasteiger partial charge in [-0.2, -0.15) is 0 Å². The highest BCUT2D eigenvalue weighted by molar-refractivity contribution is 7.91. The Bertz CT molecular complexity index is 271. The van der Waals surface area contributed by atoms with Crippen LogP contribution in [0.2, 0.25) is 0 Å². The average molecular weight is 233 g/mol. The fourth-order valence-electron chi connectivity index (χ4n) is 2.23. The molecule has 15 heavy (non-hydrogen) atoms. The van der Waals surface area contributed by atoms with Gasteiger partial charge in [-0.1, -0.05) is 13.8 Å². The summed E-state index contributed by atoms with van der Waals surface area (Å²) in [6.07, 6.45) is 2.72. The summed E-state index contributed by atoms with van der Waals surface area (Å²) in [5, 5.41) is 3.52. The van der Waals surface area contributed by atoms with Crippen molar-refractivity contribution in [3.63, 3.8) is 0 Å². The normalized spacial score (nSPS) is 24.3. The standard InChI is InChI=1S/C11H23NO2S/c1-9(2)8-10(3)12-11-4-6-15(13,14)7-5-11/h9-12H,4-8H2,1-3H3. The maximum Gasteiger partial charge on any atom is 0.150 e. The van der Waals surface area contributed by atoms with Crippen molar-refractivity contribution in [2.24, 2.45) is 5.92 Å². The number of hydrogen-bond acceptors (Lipinski definition) is 3. The van der Waals surface area contributed by atoms with Gasteiger partial charge in [0, 0.05) is 12.1 Å². The fourth-order valence-corrected chi connectivity index (χ4v) is 3.73. The van der Waals surface area contributed by atoms with Gasteiger partial charge >= 0.3 is 0 Å². The van der Waals surface area contributed by atoms with E-state index >= 15 is 0 Å². The van der Waals surface area contributed by atoms with Crippen LogP contribution in [-0.2, 0) is 9.84 Å². The molecule has 3 nitrogen and oxygen atoms in total. The monoisotopic (exact) mass is 233 g/mol. The van der Waals surface area contributed by atoms with Crippen LogP contribution in [0.5, 0.6) is 0 Å². The average Bonchev–Trinajstić information content (AvgIpc) is 2.07. The minimum Gasteiger partial charge on any atom is -0.311 e. The third-order valence-corrected chi connectivity index (χ3v) is 4.62. The molecule has 0 saturated carbocycles. The number of nitrogens with one attached hydrogen (secondary N) is 1. The van der Waals surface area contributed by atoms with Crippen LogP contribution in [0.15, 0.2) is 0 Å². The van der Waals surface area contributed by atoms with E-state index in [9.17, 15) is 8.42 Å². The molecule has 0 aromatic heterocycles. The van der Waals surface area contributed by atoms with Crippen LogP contribution < -0.4 is 5.32 Å². The van der Waals surface area contributed by atoms with Gasteiger partial charge in [-0.15, -0.1) is 0 Å². The second-order valence-corrected chi connectivity index (χ2v) is 7.43. The SMILES string of the molecule is CC(C)CC(C)NC1CCS(=O)(=O)CC1. The maximum atomic E-state index is 11.2. The molecule has 0 spiro atoms. The molecule has 0 aromatic rings. The smallest absolute Gasteiger partial charge is 0.150 e. The molecule has 0 aliphatic carbocycles. The molecule has 0 amide bonds. The van der Waals surface area contributed by atoms with Gasteiger partial charge in [-0.05, 0) is 32.1 Å². The molecular weight excluding hydrogens is 210 g/mol. The molecule has 1 atom stereocenters. The third kappa shape index (κ3) is 4.98. The Morgan fingerprint density at radius 1 is 1.20 bits per heavy atom. The molecule has 0 radical (unpaired) electrons. The predicted molar refractivity (Wildman–Crippen MR) is 63.7 cm³/mol. The molecule has 1 aliphatic rings. The molecule has 1 unspecified atom stereocenters. The number of sulfone groups is 1. The minimum absolute atomic E-state index is 0.360. The summed E-state index contributed by atoms with van der Waals surface area (Å²) in [6.45, 7) is 6.61. The van der Waals surface area contributed by atoms with Crippen molar-refractivity contribution in [2.75, 3.05) is 11.5 Å². The molecule has 1 aliphatic heterocycles. The van der Waals surface area contributed by atoms with Gasteiger partial charge in [-0.3, -0.25) is 0 Å². The van der Waals surface area contributed by atoms with Gasteiger partial charge in [0.25, 0.3) is 0 Å².